The second-order valence-corrected chi connectivity index (χ2v) is 8.24. The first-order chi connectivity index (χ1) is 15.0. The quantitative estimate of drug-likeness (QED) is 0.606. The summed E-state index contributed by atoms with van der Waals surface area (Å²) >= 11 is 5.98. The minimum atomic E-state index is -0.611. The van der Waals surface area contributed by atoms with E-state index in [-0.39, 0.29) is 36.8 Å². The topological polar surface area (TPSA) is 58.6 Å². The third kappa shape index (κ3) is 6.69. The number of benzene rings is 2. The van der Waals surface area contributed by atoms with Gasteiger partial charge >= 0.3 is 0 Å². The van der Waals surface area contributed by atoms with Gasteiger partial charge in [-0.3, -0.25) is 9.59 Å². The van der Waals surface area contributed by atoms with E-state index in [9.17, 15) is 14.0 Å². The van der Waals surface area contributed by atoms with Gasteiger partial charge in [0.1, 0.15) is 17.6 Å². The lowest BCUT2D eigenvalue weighted by Crippen LogP contribution is -2.52. The van der Waals surface area contributed by atoms with E-state index >= 15 is 0 Å². The molecule has 1 fully saturated rings. The lowest BCUT2D eigenvalue weighted by Gasteiger charge is -2.31. The molecule has 1 saturated carbocycles. The molecule has 0 spiro atoms. The van der Waals surface area contributed by atoms with Gasteiger partial charge in [-0.15, -0.1) is 0 Å². The number of carbonyl (C=O) groups excluding carboxylic acids is 2. The van der Waals surface area contributed by atoms with Gasteiger partial charge in [0, 0.05) is 17.6 Å². The maximum absolute atomic E-state index is 13.1. The van der Waals surface area contributed by atoms with Gasteiger partial charge in [-0.25, -0.2) is 4.39 Å². The molecule has 0 saturated heterocycles. The summed E-state index contributed by atoms with van der Waals surface area (Å²) in [5.74, 6) is -0.437. The molecule has 0 heterocycles. The van der Waals surface area contributed by atoms with Crippen molar-refractivity contribution in [3.05, 3.63) is 64.9 Å². The Balaban J connectivity index is 1.74. The van der Waals surface area contributed by atoms with E-state index in [0.717, 1.165) is 31.2 Å². The fourth-order valence-corrected chi connectivity index (χ4v) is 3.96. The largest absolute Gasteiger partial charge is 0.484 e. The van der Waals surface area contributed by atoms with Gasteiger partial charge in [-0.1, -0.05) is 43.5 Å². The normalized spacial score (nSPS) is 14.8. The zero-order chi connectivity index (χ0) is 22.2. The molecule has 1 N–H and O–H groups in total. The highest BCUT2D eigenvalue weighted by Gasteiger charge is 2.30. The van der Waals surface area contributed by atoms with E-state index < -0.39 is 6.04 Å². The maximum Gasteiger partial charge on any atom is 0.261 e. The van der Waals surface area contributed by atoms with Crippen molar-refractivity contribution in [3.63, 3.8) is 0 Å². The molecule has 166 valence electrons. The second kappa shape index (κ2) is 11.1. The molecule has 2 amide bonds. The number of halogens is 2. The molecule has 1 aliphatic carbocycles. The number of ether oxygens (including phenoxy) is 1. The Bertz CT molecular complexity index is 867. The van der Waals surface area contributed by atoms with Crippen molar-refractivity contribution in [3.8, 4) is 5.75 Å². The number of nitrogens with one attached hydrogen (secondary N) is 1. The Kier molecular flexibility index (Phi) is 8.29. The molecule has 31 heavy (non-hydrogen) atoms. The third-order valence-corrected chi connectivity index (χ3v) is 5.78. The highest BCUT2D eigenvalue weighted by Crippen LogP contribution is 2.20. The van der Waals surface area contributed by atoms with Crippen LogP contribution >= 0.6 is 11.6 Å². The molecule has 2 aromatic rings. The fraction of sp³-hybridized carbons (Fsp3) is 0.417. The first-order valence-electron chi connectivity index (χ1n) is 10.7. The van der Waals surface area contributed by atoms with E-state index in [0.29, 0.717) is 17.2 Å². The fourth-order valence-electron chi connectivity index (χ4n) is 3.83. The summed E-state index contributed by atoms with van der Waals surface area (Å²) in [5, 5.41) is 3.71. The van der Waals surface area contributed by atoms with Crippen LogP contribution in [0.25, 0.3) is 0 Å². The van der Waals surface area contributed by atoms with Crippen LogP contribution in [0.15, 0.2) is 48.5 Å². The van der Waals surface area contributed by atoms with Gasteiger partial charge in [-0.05, 0) is 61.2 Å². The standard InChI is InChI=1S/C24H28ClFN2O3/c1-2-22(24(30)27-20-5-3-4-6-20)28(15-17-7-9-18(25)10-8-17)23(29)16-31-21-13-11-19(26)12-14-21/h7-14,20,22H,2-6,15-16H2,1H3,(H,27,30)/t22-/m0/s1. The Morgan fingerprint density at radius 1 is 1.13 bits per heavy atom. The van der Waals surface area contributed by atoms with Gasteiger partial charge in [-0.2, -0.15) is 0 Å². The summed E-state index contributed by atoms with van der Waals surface area (Å²) in [4.78, 5) is 27.7. The van der Waals surface area contributed by atoms with Gasteiger partial charge in [0.05, 0.1) is 0 Å². The summed E-state index contributed by atoms with van der Waals surface area (Å²) in [6, 6.07) is 12.2. The van der Waals surface area contributed by atoms with Crippen molar-refractivity contribution in [2.24, 2.45) is 0 Å². The number of hydrogen-bond donors (Lipinski definition) is 1. The van der Waals surface area contributed by atoms with Crippen molar-refractivity contribution >= 4 is 23.4 Å². The van der Waals surface area contributed by atoms with Crippen molar-refractivity contribution in [2.45, 2.75) is 57.7 Å². The average molecular weight is 447 g/mol. The van der Waals surface area contributed by atoms with Crippen LogP contribution in [0.4, 0.5) is 4.39 Å². The molecule has 1 aliphatic rings. The summed E-state index contributed by atoms with van der Waals surface area (Å²) in [6.07, 6.45) is 4.65. The predicted octanol–water partition coefficient (Wildman–Crippen LogP) is 4.72. The first kappa shape index (κ1) is 23.1. The molecule has 0 bridgehead atoms. The molecule has 0 aliphatic heterocycles. The Morgan fingerprint density at radius 3 is 2.39 bits per heavy atom. The lowest BCUT2D eigenvalue weighted by atomic mass is 10.1. The number of carbonyl (C=O) groups is 2. The van der Waals surface area contributed by atoms with Crippen LogP contribution in [0.3, 0.4) is 0 Å². The molecule has 3 rings (SSSR count). The van der Waals surface area contributed by atoms with E-state index in [4.69, 9.17) is 16.3 Å². The van der Waals surface area contributed by atoms with Gasteiger partial charge in [0.15, 0.2) is 6.61 Å². The molecular formula is C24H28ClFN2O3. The first-order valence-corrected chi connectivity index (χ1v) is 11.1. The Hall–Kier alpha value is -2.60. The summed E-state index contributed by atoms with van der Waals surface area (Å²) < 4.78 is 18.7. The third-order valence-electron chi connectivity index (χ3n) is 5.53. The molecule has 0 unspecified atom stereocenters. The predicted molar refractivity (Wildman–Crippen MR) is 118 cm³/mol. The van der Waals surface area contributed by atoms with Crippen LogP contribution in [-0.4, -0.2) is 35.4 Å². The van der Waals surface area contributed by atoms with Gasteiger partial charge < -0.3 is 15.0 Å². The van der Waals surface area contributed by atoms with Crippen LogP contribution in [0.2, 0.25) is 5.02 Å². The zero-order valence-electron chi connectivity index (χ0n) is 17.7. The van der Waals surface area contributed by atoms with E-state index in [1.807, 2.05) is 19.1 Å². The lowest BCUT2D eigenvalue weighted by molar-refractivity contribution is -0.143. The van der Waals surface area contributed by atoms with Gasteiger partial charge in [0.2, 0.25) is 5.91 Å². The van der Waals surface area contributed by atoms with Crippen LogP contribution in [-0.2, 0) is 16.1 Å². The average Bonchev–Trinajstić information content (AvgIpc) is 3.27. The number of hydrogen-bond acceptors (Lipinski definition) is 3. The van der Waals surface area contributed by atoms with Crippen LogP contribution in [0, 0.1) is 5.82 Å². The Labute approximate surface area is 187 Å². The molecule has 7 heteroatoms. The van der Waals surface area contributed by atoms with E-state index in [1.165, 1.54) is 24.3 Å². The number of amides is 2. The molecule has 2 aromatic carbocycles. The molecule has 5 nitrogen and oxygen atoms in total. The molecule has 1 atom stereocenters. The molecule has 0 aromatic heterocycles. The SMILES string of the molecule is CC[C@@H](C(=O)NC1CCCC1)N(Cc1ccc(Cl)cc1)C(=O)COc1ccc(F)cc1. The smallest absolute Gasteiger partial charge is 0.261 e. The summed E-state index contributed by atoms with van der Waals surface area (Å²) in [5.41, 5.74) is 0.867. The highest BCUT2D eigenvalue weighted by atomic mass is 35.5. The molecule has 0 radical (unpaired) electrons. The number of rotatable bonds is 9. The van der Waals surface area contributed by atoms with Crippen LogP contribution in [0.5, 0.6) is 5.75 Å². The van der Waals surface area contributed by atoms with Crippen molar-refractivity contribution in [1.82, 2.24) is 10.2 Å². The van der Waals surface area contributed by atoms with Crippen molar-refractivity contribution < 1.29 is 18.7 Å². The van der Waals surface area contributed by atoms with Gasteiger partial charge in [0.25, 0.3) is 5.91 Å². The van der Waals surface area contributed by atoms with Crippen LogP contribution < -0.4 is 10.1 Å². The highest BCUT2D eigenvalue weighted by molar-refractivity contribution is 6.30. The monoisotopic (exact) mass is 446 g/mol. The zero-order valence-corrected chi connectivity index (χ0v) is 18.4. The second-order valence-electron chi connectivity index (χ2n) is 7.80. The minimum Gasteiger partial charge on any atom is -0.484 e. The maximum atomic E-state index is 13.1. The van der Waals surface area contributed by atoms with Crippen molar-refractivity contribution in [2.75, 3.05) is 6.61 Å². The minimum absolute atomic E-state index is 0.140. The van der Waals surface area contributed by atoms with E-state index in [1.54, 1.807) is 17.0 Å². The summed E-state index contributed by atoms with van der Waals surface area (Å²) in [7, 11) is 0. The summed E-state index contributed by atoms with van der Waals surface area (Å²) in [6.45, 7) is 1.91. The molecular weight excluding hydrogens is 419 g/mol. The Morgan fingerprint density at radius 2 is 1.77 bits per heavy atom. The number of nitrogens with zero attached hydrogens (tertiary/aromatic N) is 1. The van der Waals surface area contributed by atoms with E-state index in [2.05, 4.69) is 5.32 Å². The van der Waals surface area contributed by atoms with Crippen LogP contribution in [0.1, 0.15) is 44.6 Å². The van der Waals surface area contributed by atoms with Crippen molar-refractivity contribution in [1.29, 1.82) is 0 Å².